The quantitative estimate of drug-likeness (QED) is 0.800. The number of pyridine rings is 1. The van der Waals surface area contributed by atoms with E-state index in [-0.39, 0.29) is 5.91 Å². The molecule has 1 atom stereocenters. The van der Waals surface area contributed by atoms with Gasteiger partial charge in [-0.25, -0.2) is 9.78 Å². The van der Waals surface area contributed by atoms with Crippen LogP contribution in [0.5, 0.6) is 0 Å². The molecule has 0 aliphatic heterocycles. The summed E-state index contributed by atoms with van der Waals surface area (Å²) in [5, 5.41) is 3.19. The molecule has 1 aromatic carbocycles. The van der Waals surface area contributed by atoms with Crippen molar-refractivity contribution in [2.24, 2.45) is 0 Å². The number of ether oxygens (including phenoxy) is 1. The molecule has 1 heterocycles. The highest BCUT2D eigenvalue weighted by atomic mass is 32.2. The topological polar surface area (TPSA) is 68.3 Å². The molecule has 0 aliphatic carbocycles. The van der Waals surface area contributed by atoms with Crippen LogP contribution in [0.25, 0.3) is 0 Å². The fourth-order valence-electron chi connectivity index (χ4n) is 2.11. The minimum atomic E-state index is -0.855. The average Bonchev–Trinajstić information content (AvgIpc) is 2.58. The predicted octanol–water partition coefficient (Wildman–Crippen LogP) is 3.53. The smallest absolute Gasteiger partial charge is 0.341 e. The first-order valence-electron chi connectivity index (χ1n) is 8.11. The Kier molecular flexibility index (Phi) is 6.58. The van der Waals surface area contributed by atoms with Gasteiger partial charge < -0.3 is 10.1 Å². The summed E-state index contributed by atoms with van der Waals surface area (Å²) in [5.74, 6) is -0.874. The third kappa shape index (κ3) is 5.06. The zero-order valence-electron chi connectivity index (χ0n) is 14.8. The number of benzene rings is 1. The van der Waals surface area contributed by atoms with E-state index in [0.29, 0.717) is 17.1 Å². The number of aryl methyl sites for hydroxylation is 2. The van der Waals surface area contributed by atoms with E-state index in [2.05, 4.69) is 23.3 Å². The van der Waals surface area contributed by atoms with Gasteiger partial charge in [0.2, 0.25) is 0 Å². The van der Waals surface area contributed by atoms with Crippen molar-refractivity contribution >= 4 is 23.6 Å². The first kappa shape index (κ1) is 19.0. The highest BCUT2D eigenvalue weighted by molar-refractivity contribution is 7.99. The Morgan fingerprint density at radius 2 is 2.00 bits per heavy atom. The zero-order chi connectivity index (χ0) is 18.4. The molecular weight excluding hydrogens is 336 g/mol. The van der Waals surface area contributed by atoms with Crippen LogP contribution in [0.3, 0.4) is 0 Å². The lowest BCUT2D eigenvalue weighted by molar-refractivity contribution is -0.128. The van der Waals surface area contributed by atoms with E-state index in [1.165, 1.54) is 22.9 Å². The summed E-state index contributed by atoms with van der Waals surface area (Å²) in [5.41, 5.74) is 2.73. The molecule has 0 spiro atoms. The molecule has 0 saturated heterocycles. The maximum Gasteiger partial charge on any atom is 0.341 e. The summed E-state index contributed by atoms with van der Waals surface area (Å²) in [7, 11) is 0. The number of carbonyl (C=O) groups excluding carboxylic acids is 2. The predicted molar refractivity (Wildman–Crippen MR) is 97.8 cm³/mol. The van der Waals surface area contributed by atoms with E-state index in [1.807, 2.05) is 26.0 Å². The third-order valence-electron chi connectivity index (χ3n) is 3.69. The van der Waals surface area contributed by atoms with Crippen molar-refractivity contribution in [3.8, 4) is 0 Å². The molecule has 1 N–H and O–H groups in total. The van der Waals surface area contributed by atoms with Gasteiger partial charge in [0.25, 0.3) is 5.91 Å². The van der Waals surface area contributed by atoms with Crippen molar-refractivity contribution < 1.29 is 14.3 Å². The standard InChI is InChI=1S/C19H22N2O3S/c1-5-20-17(22)14(4)24-19(23)16-7-6-10-21-18(16)25-15-9-8-12(2)13(3)11-15/h6-11,14H,5H2,1-4H3,(H,20,22)/t14-/m1/s1. The molecule has 132 valence electrons. The number of likely N-dealkylation sites (N-methyl/N-ethyl adjacent to an activating group) is 1. The van der Waals surface area contributed by atoms with Gasteiger partial charge in [0, 0.05) is 17.6 Å². The molecule has 1 aromatic heterocycles. The number of amides is 1. The van der Waals surface area contributed by atoms with E-state index in [9.17, 15) is 9.59 Å². The first-order chi connectivity index (χ1) is 11.9. The Morgan fingerprint density at radius 3 is 2.68 bits per heavy atom. The van der Waals surface area contributed by atoms with Gasteiger partial charge in [-0.2, -0.15) is 0 Å². The van der Waals surface area contributed by atoms with Crippen LogP contribution in [0.15, 0.2) is 46.5 Å². The number of hydrogen-bond acceptors (Lipinski definition) is 5. The van der Waals surface area contributed by atoms with E-state index >= 15 is 0 Å². The van der Waals surface area contributed by atoms with Crippen molar-refractivity contribution in [2.45, 2.75) is 43.7 Å². The van der Waals surface area contributed by atoms with Gasteiger partial charge in [-0.3, -0.25) is 4.79 Å². The largest absolute Gasteiger partial charge is 0.449 e. The summed E-state index contributed by atoms with van der Waals surface area (Å²) >= 11 is 1.40. The van der Waals surface area contributed by atoms with Gasteiger partial charge in [0.1, 0.15) is 5.03 Å². The van der Waals surface area contributed by atoms with E-state index in [4.69, 9.17) is 4.74 Å². The molecule has 6 heteroatoms. The number of nitrogens with one attached hydrogen (secondary N) is 1. The molecule has 0 saturated carbocycles. The first-order valence-corrected chi connectivity index (χ1v) is 8.92. The molecule has 5 nitrogen and oxygen atoms in total. The average molecular weight is 358 g/mol. The van der Waals surface area contributed by atoms with Crippen LogP contribution in [0.1, 0.15) is 35.3 Å². The second-order valence-corrected chi connectivity index (χ2v) is 6.71. The van der Waals surface area contributed by atoms with Gasteiger partial charge in [0.15, 0.2) is 6.10 Å². The minimum absolute atomic E-state index is 0.317. The monoisotopic (exact) mass is 358 g/mol. The number of carbonyl (C=O) groups is 2. The summed E-state index contributed by atoms with van der Waals surface area (Å²) in [6.07, 6.45) is 0.778. The normalized spacial score (nSPS) is 11.7. The summed E-state index contributed by atoms with van der Waals surface area (Å²) < 4.78 is 5.27. The molecule has 0 unspecified atom stereocenters. The SMILES string of the molecule is CCNC(=O)[C@@H](C)OC(=O)c1cccnc1Sc1ccc(C)c(C)c1. The molecule has 2 rings (SSSR count). The van der Waals surface area contributed by atoms with Crippen LogP contribution in [-0.2, 0) is 9.53 Å². The molecule has 25 heavy (non-hydrogen) atoms. The van der Waals surface area contributed by atoms with Gasteiger partial charge in [-0.15, -0.1) is 0 Å². The molecule has 0 aliphatic rings. The van der Waals surface area contributed by atoms with Crippen molar-refractivity contribution in [2.75, 3.05) is 6.54 Å². The van der Waals surface area contributed by atoms with Crippen molar-refractivity contribution in [1.29, 1.82) is 0 Å². The number of esters is 1. The lowest BCUT2D eigenvalue weighted by Gasteiger charge is -2.14. The van der Waals surface area contributed by atoms with Gasteiger partial charge >= 0.3 is 5.97 Å². The van der Waals surface area contributed by atoms with Crippen LogP contribution in [0.2, 0.25) is 0 Å². The van der Waals surface area contributed by atoms with E-state index < -0.39 is 12.1 Å². The van der Waals surface area contributed by atoms with Crippen molar-refractivity contribution in [3.05, 3.63) is 53.2 Å². The molecule has 1 amide bonds. The van der Waals surface area contributed by atoms with Crippen LogP contribution in [0.4, 0.5) is 0 Å². The Balaban J connectivity index is 2.18. The highest BCUT2D eigenvalue weighted by Gasteiger charge is 2.21. The summed E-state index contributed by atoms with van der Waals surface area (Å²) in [6, 6.07) is 9.42. The molecule has 0 radical (unpaired) electrons. The van der Waals surface area contributed by atoms with E-state index in [1.54, 1.807) is 25.3 Å². The fraction of sp³-hybridized carbons (Fsp3) is 0.316. The Hall–Kier alpha value is -2.34. The van der Waals surface area contributed by atoms with Gasteiger partial charge in [-0.1, -0.05) is 17.8 Å². The highest BCUT2D eigenvalue weighted by Crippen LogP contribution is 2.30. The second kappa shape index (κ2) is 8.67. The molecule has 0 bridgehead atoms. The summed E-state index contributed by atoms with van der Waals surface area (Å²) in [6.45, 7) is 7.94. The third-order valence-corrected chi connectivity index (χ3v) is 4.70. The lowest BCUT2D eigenvalue weighted by Crippen LogP contribution is -2.35. The maximum atomic E-state index is 12.4. The van der Waals surface area contributed by atoms with Crippen LogP contribution < -0.4 is 5.32 Å². The minimum Gasteiger partial charge on any atom is -0.449 e. The van der Waals surface area contributed by atoms with Gasteiger partial charge in [0.05, 0.1) is 5.56 Å². The lowest BCUT2D eigenvalue weighted by atomic mass is 10.1. The van der Waals surface area contributed by atoms with Gasteiger partial charge in [-0.05, 0) is 63.1 Å². The Labute approximate surface area is 152 Å². The van der Waals surface area contributed by atoms with E-state index in [0.717, 1.165) is 4.90 Å². The maximum absolute atomic E-state index is 12.4. The van der Waals surface area contributed by atoms with Crippen molar-refractivity contribution in [1.82, 2.24) is 10.3 Å². The summed E-state index contributed by atoms with van der Waals surface area (Å²) in [4.78, 5) is 29.5. The van der Waals surface area contributed by atoms with Crippen LogP contribution in [0, 0.1) is 13.8 Å². The molecule has 0 fully saturated rings. The molecule has 2 aromatic rings. The van der Waals surface area contributed by atoms with Crippen LogP contribution >= 0.6 is 11.8 Å². The zero-order valence-corrected chi connectivity index (χ0v) is 15.6. The Bertz CT molecular complexity index is 777. The van der Waals surface area contributed by atoms with Crippen molar-refractivity contribution in [3.63, 3.8) is 0 Å². The molecular formula is C19H22N2O3S. The number of hydrogen-bond donors (Lipinski definition) is 1. The Morgan fingerprint density at radius 1 is 1.24 bits per heavy atom. The second-order valence-electron chi connectivity index (χ2n) is 5.65. The number of nitrogens with zero attached hydrogens (tertiary/aromatic N) is 1. The van der Waals surface area contributed by atoms with Crippen LogP contribution in [-0.4, -0.2) is 29.5 Å². The fourth-order valence-corrected chi connectivity index (χ4v) is 3.08. The number of rotatable bonds is 6. The number of aromatic nitrogens is 1.